The van der Waals surface area contributed by atoms with Crippen molar-refractivity contribution in [2.45, 2.75) is 0 Å². The number of aromatic nitrogens is 4. The molecule has 4 nitrogen and oxygen atoms in total. The Morgan fingerprint density at radius 1 is 0.339 bits per heavy atom. The molecule has 0 saturated carbocycles. The van der Waals surface area contributed by atoms with Crippen LogP contribution in [0.1, 0.15) is 0 Å². The lowest BCUT2D eigenvalue weighted by molar-refractivity contribution is 1.17. The van der Waals surface area contributed by atoms with E-state index in [0.29, 0.717) is 5.82 Å². The van der Waals surface area contributed by atoms with E-state index in [1.807, 2.05) is 41.1 Å². The highest BCUT2D eigenvalue weighted by Gasteiger charge is 2.18. The molecule has 11 aromatic rings. The Hall–Kier alpha value is -6.86. The Balaban J connectivity index is 1.15. The van der Waals surface area contributed by atoms with Crippen molar-refractivity contribution in [3.63, 3.8) is 0 Å². The van der Waals surface area contributed by atoms with E-state index in [4.69, 9.17) is 9.97 Å². The standard InChI is InChI=1S/C50H30N4S2/c1-2-10-32(11-3-1)44-27-45(33-22-20-31(21-23-33)37-28-51-30-52-29-37)54-50(53-44)36-25-34(38-14-8-16-42-40-12-4-6-18-46(40)55-48(38)42)24-35(26-36)39-15-9-17-43-41-13-5-7-19-47(41)56-49(39)43/h1-30H. The van der Waals surface area contributed by atoms with E-state index in [2.05, 4.69) is 168 Å². The molecule has 0 fully saturated rings. The van der Waals surface area contributed by atoms with Crippen LogP contribution in [0.4, 0.5) is 0 Å². The smallest absolute Gasteiger partial charge is 0.160 e. The fourth-order valence-electron chi connectivity index (χ4n) is 7.78. The molecule has 56 heavy (non-hydrogen) atoms. The molecular formula is C50H30N4S2. The van der Waals surface area contributed by atoms with Gasteiger partial charge in [0.2, 0.25) is 0 Å². The Morgan fingerprint density at radius 3 is 1.41 bits per heavy atom. The summed E-state index contributed by atoms with van der Waals surface area (Å²) < 4.78 is 5.13. The molecule has 0 spiro atoms. The summed E-state index contributed by atoms with van der Waals surface area (Å²) in [5, 5.41) is 5.12. The SMILES string of the molecule is c1ccc(-c2cc(-c3ccc(-c4cncnc4)cc3)nc(-c3cc(-c4cccc5c4sc4ccccc45)cc(-c4cccc5c4sc4ccccc45)c3)n2)cc1. The summed E-state index contributed by atoms with van der Waals surface area (Å²) in [5.41, 5.74) is 11.4. The van der Waals surface area contributed by atoms with Crippen molar-refractivity contribution in [2.75, 3.05) is 0 Å². The van der Waals surface area contributed by atoms with Crippen LogP contribution < -0.4 is 0 Å². The third-order valence-corrected chi connectivity index (χ3v) is 12.9. The number of fused-ring (bicyclic) bond motifs is 6. The molecule has 0 amide bonds. The van der Waals surface area contributed by atoms with Gasteiger partial charge in [-0.3, -0.25) is 0 Å². The zero-order valence-corrected chi connectivity index (χ0v) is 31.6. The van der Waals surface area contributed by atoms with Gasteiger partial charge >= 0.3 is 0 Å². The second kappa shape index (κ2) is 13.5. The predicted octanol–water partition coefficient (Wildman–Crippen LogP) is 14.0. The highest BCUT2D eigenvalue weighted by Crippen LogP contribution is 2.45. The van der Waals surface area contributed by atoms with E-state index in [9.17, 15) is 0 Å². The highest BCUT2D eigenvalue weighted by molar-refractivity contribution is 7.26. The summed E-state index contributed by atoms with van der Waals surface area (Å²) in [7, 11) is 0. The lowest BCUT2D eigenvalue weighted by Crippen LogP contribution is -1.97. The molecule has 0 N–H and O–H groups in total. The van der Waals surface area contributed by atoms with Crippen LogP contribution in [-0.2, 0) is 0 Å². The van der Waals surface area contributed by atoms with Gasteiger partial charge in [-0.05, 0) is 64.2 Å². The molecule has 4 heterocycles. The first-order chi connectivity index (χ1) is 27.7. The van der Waals surface area contributed by atoms with Crippen molar-refractivity contribution in [3.05, 3.63) is 183 Å². The van der Waals surface area contributed by atoms with Gasteiger partial charge in [0.15, 0.2) is 5.82 Å². The average molecular weight is 751 g/mol. The van der Waals surface area contributed by atoms with Crippen molar-refractivity contribution >= 4 is 63.0 Å². The normalized spacial score (nSPS) is 11.6. The molecular weight excluding hydrogens is 721 g/mol. The summed E-state index contributed by atoms with van der Waals surface area (Å²) in [6, 6.07) is 58.6. The lowest BCUT2D eigenvalue weighted by Gasteiger charge is -2.14. The van der Waals surface area contributed by atoms with Crippen molar-refractivity contribution in [2.24, 2.45) is 0 Å². The zero-order chi connectivity index (χ0) is 37.0. The van der Waals surface area contributed by atoms with Crippen molar-refractivity contribution in [3.8, 4) is 67.3 Å². The van der Waals surface area contributed by atoms with Gasteiger partial charge in [0, 0.05) is 75.0 Å². The van der Waals surface area contributed by atoms with Gasteiger partial charge in [-0.25, -0.2) is 19.9 Å². The molecule has 262 valence electrons. The molecule has 0 saturated heterocycles. The first kappa shape index (κ1) is 32.6. The van der Waals surface area contributed by atoms with E-state index in [-0.39, 0.29) is 0 Å². The number of rotatable bonds is 6. The first-order valence-electron chi connectivity index (χ1n) is 18.5. The van der Waals surface area contributed by atoms with Crippen LogP contribution in [0.15, 0.2) is 183 Å². The van der Waals surface area contributed by atoms with Gasteiger partial charge in [0.05, 0.1) is 11.4 Å². The van der Waals surface area contributed by atoms with Crippen molar-refractivity contribution in [1.29, 1.82) is 0 Å². The van der Waals surface area contributed by atoms with Crippen LogP contribution >= 0.6 is 22.7 Å². The molecule has 11 rings (SSSR count). The van der Waals surface area contributed by atoms with E-state index < -0.39 is 0 Å². The van der Waals surface area contributed by atoms with E-state index >= 15 is 0 Å². The Bertz CT molecular complexity index is 3110. The highest BCUT2D eigenvalue weighted by atomic mass is 32.1. The molecule has 4 aromatic heterocycles. The van der Waals surface area contributed by atoms with Crippen LogP contribution in [0, 0.1) is 0 Å². The Morgan fingerprint density at radius 2 is 0.821 bits per heavy atom. The predicted molar refractivity (Wildman–Crippen MR) is 236 cm³/mol. The average Bonchev–Trinajstić information content (AvgIpc) is 3.86. The summed E-state index contributed by atoms with van der Waals surface area (Å²) in [6.45, 7) is 0. The van der Waals surface area contributed by atoms with E-state index in [1.165, 1.54) is 51.5 Å². The molecule has 7 aromatic carbocycles. The first-order valence-corrected chi connectivity index (χ1v) is 20.1. The molecule has 0 unspecified atom stereocenters. The van der Waals surface area contributed by atoms with Crippen molar-refractivity contribution in [1.82, 2.24) is 19.9 Å². The minimum absolute atomic E-state index is 0.678. The maximum atomic E-state index is 5.33. The minimum Gasteiger partial charge on any atom is -0.244 e. The molecule has 0 aliphatic rings. The Kier molecular flexibility index (Phi) is 7.83. The topological polar surface area (TPSA) is 51.6 Å². The van der Waals surface area contributed by atoms with Gasteiger partial charge in [-0.15, -0.1) is 22.7 Å². The summed E-state index contributed by atoms with van der Waals surface area (Å²) >= 11 is 3.71. The number of nitrogens with zero attached hydrogens (tertiary/aromatic N) is 4. The number of benzene rings is 7. The molecule has 0 aliphatic heterocycles. The van der Waals surface area contributed by atoms with Gasteiger partial charge in [0.1, 0.15) is 6.33 Å². The Labute approximate surface area is 331 Å². The van der Waals surface area contributed by atoms with Crippen LogP contribution in [-0.4, -0.2) is 19.9 Å². The molecule has 0 atom stereocenters. The van der Waals surface area contributed by atoms with Crippen molar-refractivity contribution < 1.29 is 0 Å². The van der Waals surface area contributed by atoms with Gasteiger partial charge in [-0.2, -0.15) is 0 Å². The lowest BCUT2D eigenvalue weighted by atomic mass is 9.94. The largest absolute Gasteiger partial charge is 0.244 e. The number of hydrogen-bond acceptors (Lipinski definition) is 6. The van der Waals surface area contributed by atoms with Gasteiger partial charge < -0.3 is 0 Å². The van der Waals surface area contributed by atoms with E-state index in [0.717, 1.165) is 50.3 Å². The minimum atomic E-state index is 0.678. The molecule has 0 aliphatic carbocycles. The molecule has 0 bridgehead atoms. The summed E-state index contributed by atoms with van der Waals surface area (Å²) in [4.78, 5) is 19.1. The quantitative estimate of drug-likeness (QED) is 0.170. The molecule has 6 heteroatoms. The molecule has 0 radical (unpaired) electrons. The summed E-state index contributed by atoms with van der Waals surface area (Å²) in [5.74, 6) is 0.678. The maximum Gasteiger partial charge on any atom is 0.160 e. The van der Waals surface area contributed by atoms with Crippen LogP contribution in [0.3, 0.4) is 0 Å². The third kappa shape index (κ3) is 5.66. The number of hydrogen-bond donors (Lipinski definition) is 0. The second-order valence-corrected chi connectivity index (χ2v) is 16.0. The number of thiophene rings is 2. The fourth-order valence-corrected chi connectivity index (χ4v) is 10.3. The zero-order valence-electron chi connectivity index (χ0n) is 29.9. The monoisotopic (exact) mass is 750 g/mol. The maximum absolute atomic E-state index is 5.33. The van der Waals surface area contributed by atoms with Crippen LogP contribution in [0.5, 0.6) is 0 Å². The second-order valence-electron chi connectivity index (χ2n) is 13.9. The van der Waals surface area contributed by atoms with E-state index in [1.54, 1.807) is 6.33 Å². The van der Waals surface area contributed by atoms with Crippen LogP contribution in [0.2, 0.25) is 0 Å². The fraction of sp³-hybridized carbons (Fsp3) is 0. The van der Waals surface area contributed by atoms with Gasteiger partial charge in [-0.1, -0.05) is 127 Å². The van der Waals surface area contributed by atoms with Crippen LogP contribution in [0.25, 0.3) is 108 Å². The third-order valence-electron chi connectivity index (χ3n) is 10.5. The summed E-state index contributed by atoms with van der Waals surface area (Å²) in [6.07, 6.45) is 5.22. The van der Waals surface area contributed by atoms with Gasteiger partial charge in [0.25, 0.3) is 0 Å².